The molecule has 88 valence electrons. The number of rotatable bonds is 0. The average molecular weight is 219 g/mol. The van der Waals surface area contributed by atoms with E-state index in [-0.39, 0.29) is 21.8 Å². The second-order valence-corrected chi connectivity index (χ2v) is 6.32. The fourth-order valence-electron chi connectivity index (χ4n) is 5.15. The lowest BCUT2D eigenvalue weighted by atomic mass is 9.78. The molecular weight excluding hydrogens is 198 g/mol. The number of fused-ring (bicyclic) bond motifs is 1. The van der Waals surface area contributed by atoms with Crippen LogP contribution >= 0.6 is 0 Å². The molecule has 3 aliphatic rings. The molecule has 0 saturated heterocycles. The van der Waals surface area contributed by atoms with E-state index in [4.69, 9.17) is 9.73 Å². The second-order valence-electron chi connectivity index (χ2n) is 6.32. The highest BCUT2D eigenvalue weighted by molar-refractivity contribution is 5.96. The van der Waals surface area contributed by atoms with E-state index >= 15 is 0 Å². The fraction of sp³-hybridized carbons (Fsp3) is 0.786. The monoisotopic (exact) mass is 219 g/mol. The van der Waals surface area contributed by atoms with Crippen LogP contribution in [0.1, 0.15) is 41.5 Å². The Morgan fingerprint density at radius 1 is 0.938 bits per heavy atom. The molecule has 0 amide bonds. The molecule has 0 aromatic heterocycles. The van der Waals surface area contributed by atoms with E-state index in [2.05, 4.69) is 41.5 Å². The highest BCUT2D eigenvalue weighted by Crippen LogP contribution is 2.92. The number of allylic oxidation sites excluding steroid dienone is 1. The summed E-state index contributed by atoms with van der Waals surface area (Å²) in [6.45, 7) is 13.9. The lowest BCUT2D eigenvalue weighted by molar-refractivity contribution is 0.317. The maximum absolute atomic E-state index is 5.56. The van der Waals surface area contributed by atoms with Crippen molar-refractivity contribution in [3.8, 4) is 0 Å². The number of methoxy groups -OCH3 is 1. The average Bonchev–Trinajstić information content (AvgIpc) is 2.53. The molecule has 3 rings (SSSR count). The predicted octanol–water partition coefficient (Wildman–Crippen LogP) is 3.19. The Balaban J connectivity index is 2.34. The summed E-state index contributed by atoms with van der Waals surface area (Å²) in [5.41, 5.74) is 3.48. The van der Waals surface area contributed by atoms with Crippen molar-refractivity contribution in [2.45, 2.75) is 47.1 Å². The molecule has 16 heavy (non-hydrogen) atoms. The smallest absolute Gasteiger partial charge is 0.191 e. The van der Waals surface area contributed by atoms with Crippen molar-refractivity contribution in [2.24, 2.45) is 21.2 Å². The Labute approximate surface area is 97.8 Å². The van der Waals surface area contributed by atoms with Crippen LogP contribution in [0.3, 0.4) is 0 Å². The van der Waals surface area contributed by atoms with E-state index in [0.717, 1.165) is 5.90 Å². The van der Waals surface area contributed by atoms with Gasteiger partial charge in [0.05, 0.1) is 18.1 Å². The van der Waals surface area contributed by atoms with Crippen LogP contribution in [-0.4, -0.2) is 18.5 Å². The van der Waals surface area contributed by atoms with Crippen molar-refractivity contribution in [1.82, 2.24) is 0 Å². The van der Waals surface area contributed by atoms with Gasteiger partial charge in [-0.3, -0.25) is 0 Å². The van der Waals surface area contributed by atoms with Crippen LogP contribution in [0, 0.1) is 16.2 Å². The van der Waals surface area contributed by atoms with Gasteiger partial charge in [-0.15, -0.1) is 0 Å². The first-order chi connectivity index (χ1) is 7.23. The Kier molecular flexibility index (Phi) is 1.37. The van der Waals surface area contributed by atoms with E-state index < -0.39 is 0 Å². The predicted molar refractivity (Wildman–Crippen MR) is 65.5 cm³/mol. The number of aliphatic imine (C=N–C) groups is 1. The lowest BCUT2D eigenvalue weighted by Gasteiger charge is -2.28. The zero-order valence-corrected chi connectivity index (χ0v) is 11.4. The first-order valence-corrected chi connectivity index (χ1v) is 6.06. The zero-order chi connectivity index (χ0) is 12.1. The van der Waals surface area contributed by atoms with Crippen LogP contribution in [-0.2, 0) is 4.74 Å². The highest BCUT2D eigenvalue weighted by atomic mass is 16.5. The summed E-state index contributed by atoms with van der Waals surface area (Å²) in [6.07, 6.45) is 0. The van der Waals surface area contributed by atoms with Gasteiger partial charge in [0.1, 0.15) is 0 Å². The van der Waals surface area contributed by atoms with Gasteiger partial charge in [-0.2, -0.15) is 0 Å². The van der Waals surface area contributed by atoms with Crippen molar-refractivity contribution in [2.75, 3.05) is 7.11 Å². The van der Waals surface area contributed by atoms with Crippen molar-refractivity contribution in [3.63, 3.8) is 0 Å². The first-order valence-electron chi connectivity index (χ1n) is 6.06. The molecule has 0 aromatic carbocycles. The van der Waals surface area contributed by atoms with E-state index in [0.29, 0.717) is 0 Å². The topological polar surface area (TPSA) is 21.6 Å². The summed E-state index contributed by atoms with van der Waals surface area (Å²) in [7, 11) is 1.75. The minimum atomic E-state index is -0.0497. The molecule has 1 fully saturated rings. The molecule has 0 aromatic rings. The minimum absolute atomic E-state index is 0.0497. The van der Waals surface area contributed by atoms with E-state index in [1.54, 1.807) is 7.11 Å². The van der Waals surface area contributed by atoms with Crippen molar-refractivity contribution < 1.29 is 4.74 Å². The largest absolute Gasteiger partial charge is 0.484 e. The van der Waals surface area contributed by atoms with E-state index in [1.165, 1.54) is 11.1 Å². The van der Waals surface area contributed by atoms with E-state index in [9.17, 15) is 0 Å². The summed E-state index contributed by atoms with van der Waals surface area (Å²) >= 11 is 0. The molecule has 0 spiro atoms. The van der Waals surface area contributed by atoms with Gasteiger partial charge in [-0.25, -0.2) is 4.99 Å². The molecule has 0 bridgehead atoms. The summed E-state index contributed by atoms with van der Waals surface area (Å²) in [6, 6.07) is 0. The number of hydrogen-bond donors (Lipinski definition) is 0. The van der Waals surface area contributed by atoms with Crippen molar-refractivity contribution >= 4 is 5.90 Å². The standard InChI is InChI=1S/C14H21NO/c1-8-9(2)13(5)14(6)11(8,3)12(14,4)10(15-13)16-7/h1-7H3. The quantitative estimate of drug-likeness (QED) is 0.573. The van der Waals surface area contributed by atoms with Gasteiger partial charge >= 0.3 is 0 Å². The molecule has 4 unspecified atom stereocenters. The van der Waals surface area contributed by atoms with Crippen LogP contribution in [0.2, 0.25) is 0 Å². The second kappa shape index (κ2) is 2.12. The van der Waals surface area contributed by atoms with Crippen molar-refractivity contribution in [3.05, 3.63) is 11.1 Å². The molecule has 4 atom stereocenters. The van der Waals surface area contributed by atoms with Gasteiger partial charge in [0.2, 0.25) is 0 Å². The maximum atomic E-state index is 5.56. The fourth-order valence-corrected chi connectivity index (χ4v) is 5.15. The summed E-state index contributed by atoms with van der Waals surface area (Å²) in [4.78, 5) is 4.89. The highest BCUT2D eigenvalue weighted by Gasteiger charge is 2.94. The Morgan fingerprint density at radius 2 is 1.50 bits per heavy atom. The Bertz CT molecular complexity index is 477. The van der Waals surface area contributed by atoms with Crippen LogP contribution in [0.5, 0.6) is 0 Å². The molecule has 2 heteroatoms. The summed E-state index contributed by atoms with van der Waals surface area (Å²) in [5.74, 6) is 0.955. The zero-order valence-electron chi connectivity index (χ0n) is 11.4. The summed E-state index contributed by atoms with van der Waals surface area (Å²) < 4.78 is 5.56. The van der Waals surface area contributed by atoms with Crippen LogP contribution in [0.15, 0.2) is 16.1 Å². The van der Waals surface area contributed by atoms with Gasteiger partial charge in [0.25, 0.3) is 0 Å². The number of ether oxygens (including phenoxy) is 1. The molecule has 1 saturated carbocycles. The minimum Gasteiger partial charge on any atom is -0.484 e. The first kappa shape index (κ1) is 10.4. The van der Waals surface area contributed by atoms with Gasteiger partial charge in [0.15, 0.2) is 5.90 Å². The van der Waals surface area contributed by atoms with E-state index in [1.807, 2.05) is 0 Å². The van der Waals surface area contributed by atoms with Crippen LogP contribution in [0.25, 0.3) is 0 Å². The molecule has 2 aliphatic carbocycles. The van der Waals surface area contributed by atoms with Gasteiger partial charge in [-0.1, -0.05) is 19.4 Å². The molecule has 0 N–H and O–H groups in total. The third-order valence-electron chi connectivity index (χ3n) is 6.90. The summed E-state index contributed by atoms with van der Waals surface area (Å²) in [5, 5.41) is 0. The van der Waals surface area contributed by atoms with Gasteiger partial charge in [-0.05, 0) is 33.3 Å². The van der Waals surface area contributed by atoms with Gasteiger partial charge < -0.3 is 4.74 Å². The molecule has 1 heterocycles. The SMILES string of the molecule is COC1=NC2(C)C(C)=C(C)C3(C)C1(C)C23C. The molecule has 1 aliphatic heterocycles. The maximum Gasteiger partial charge on any atom is 0.191 e. The molecule has 2 nitrogen and oxygen atoms in total. The number of hydrogen-bond acceptors (Lipinski definition) is 2. The lowest BCUT2D eigenvalue weighted by Crippen LogP contribution is -2.32. The van der Waals surface area contributed by atoms with Crippen LogP contribution in [0.4, 0.5) is 0 Å². The van der Waals surface area contributed by atoms with Crippen molar-refractivity contribution in [1.29, 1.82) is 0 Å². The van der Waals surface area contributed by atoms with Crippen LogP contribution < -0.4 is 0 Å². The molecule has 0 radical (unpaired) electrons. The Morgan fingerprint density at radius 3 is 1.88 bits per heavy atom. The Hall–Kier alpha value is -0.790. The third kappa shape index (κ3) is 0.509. The normalized spacial score (nSPS) is 57.6. The molecular formula is C14H21NO. The third-order valence-corrected chi connectivity index (χ3v) is 6.90. The number of nitrogens with zero attached hydrogens (tertiary/aromatic N) is 1. The van der Waals surface area contributed by atoms with Gasteiger partial charge in [0, 0.05) is 10.8 Å².